The summed E-state index contributed by atoms with van der Waals surface area (Å²) in [6.45, 7) is 10.8. The fraction of sp³-hybridized carbons (Fsp3) is 0.102. The predicted octanol–water partition coefficient (Wildman–Crippen LogP) is 13.9. The summed E-state index contributed by atoms with van der Waals surface area (Å²) in [5.41, 5.74) is 15.9. The van der Waals surface area contributed by atoms with Crippen LogP contribution in [0.25, 0.3) is 54.6 Å². The molecule has 0 aromatic heterocycles. The lowest BCUT2D eigenvalue weighted by molar-refractivity contribution is 1.34. The zero-order valence-electron chi connectivity index (χ0n) is 30.0. The number of hydrogen-bond donors (Lipinski definition) is 0. The van der Waals surface area contributed by atoms with Gasteiger partial charge in [0.2, 0.25) is 0 Å². The van der Waals surface area contributed by atoms with E-state index in [4.69, 9.17) is 21.6 Å². The van der Waals surface area contributed by atoms with E-state index in [-0.39, 0.29) is 0 Å². The minimum atomic E-state index is 0.728. The van der Waals surface area contributed by atoms with Gasteiger partial charge in [-0.2, -0.15) is 0 Å². The van der Waals surface area contributed by atoms with Crippen LogP contribution in [0, 0.1) is 34.6 Å². The molecule has 1 aliphatic rings. The van der Waals surface area contributed by atoms with E-state index in [1.165, 1.54) is 43.8 Å². The zero-order valence-corrected chi connectivity index (χ0v) is 30.7. The van der Waals surface area contributed by atoms with Gasteiger partial charge < -0.3 is 0 Å². The normalized spacial score (nSPS) is 14.0. The Kier molecular flexibility index (Phi) is 7.68. The van der Waals surface area contributed by atoms with Crippen molar-refractivity contribution in [1.29, 1.82) is 0 Å². The molecule has 0 radical (unpaired) electrons. The third-order valence-electron chi connectivity index (χ3n) is 10.6. The van der Waals surface area contributed by atoms with E-state index >= 15 is 0 Å². The molecule has 3 heteroatoms. The zero-order chi connectivity index (χ0) is 35.7. The molecular formula is C49H37ClN2. The summed E-state index contributed by atoms with van der Waals surface area (Å²) in [7, 11) is 0. The number of hydrogen-bond acceptors (Lipinski definition) is 2. The molecule has 0 N–H and O–H groups in total. The molecule has 8 aromatic rings. The third kappa shape index (κ3) is 5.17. The largest absolute Gasteiger partial charge is 0.245 e. The summed E-state index contributed by atoms with van der Waals surface area (Å²) >= 11 is 7.02. The summed E-state index contributed by atoms with van der Waals surface area (Å²) in [5.74, 6) is 0. The van der Waals surface area contributed by atoms with E-state index < -0.39 is 0 Å². The van der Waals surface area contributed by atoms with Crippen molar-refractivity contribution < 1.29 is 0 Å². The summed E-state index contributed by atoms with van der Waals surface area (Å²) in [4.78, 5) is 11.4. The van der Waals surface area contributed by atoms with Crippen molar-refractivity contribution in [3.63, 3.8) is 0 Å². The minimum Gasteiger partial charge on any atom is -0.245 e. The van der Waals surface area contributed by atoms with Gasteiger partial charge in [-0.3, -0.25) is 0 Å². The first kappa shape index (κ1) is 32.1. The monoisotopic (exact) mass is 688 g/mol. The fourth-order valence-corrected chi connectivity index (χ4v) is 8.47. The van der Waals surface area contributed by atoms with Gasteiger partial charge in [0.05, 0.1) is 22.8 Å². The number of fused-ring (bicyclic) bond motifs is 2. The van der Waals surface area contributed by atoms with Gasteiger partial charge in [-0.25, -0.2) is 9.98 Å². The summed E-state index contributed by atoms with van der Waals surface area (Å²) < 4.78 is 0. The first-order valence-corrected chi connectivity index (χ1v) is 18.2. The van der Waals surface area contributed by atoms with Crippen molar-refractivity contribution in [3.05, 3.63) is 177 Å². The first-order valence-electron chi connectivity index (χ1n) is 17.9. The fourth-order valence-electron chi connectivity index (χ4n) is 8.25. The molecule has 0 bridgehead atoms. The molecule has 250 valence electrons. The van der Waals surface area contributed by atoms with Crippen LogP contribution in [0.4, 0.5) is 11.4 Å². The molecular weight excluding hydrogens is 652 g/mol. The highest BCUT2D eigenvalue weighted by molar-refractivity contribution is 6.62. The Labute approximate surface area is 309 Å². The Balaban J connectivity index is 1.37. The van der Waals surface area contributed by atoms with Crippen LogP contribution in [-0.4, -0.2) is 11.4 Å². The van der Waals surface area contributed by atoms with Gasteiger partial charge in [0.1, 0.15) is 0 Å². The average molecular weight is 689 g/mol. The highest BCUT2D eigenvalue weighted by atomic mass is 35.5. The van der Waals surface area contributed by atoms with Gasteiger partial charge in [-0.1, -0.05) is 138 Å². The van der Waals surface area contributed by atoms with E-state index in [1.54, 1.807) is 0 Å². The molecule has 2 nitrogen and oxygen atoms in total. The number of rotatable bonds is 4. The number of nitrogens with zero attached hydrogens (tertiary/aromatic N) is 2. The predicted molar refractivity (Wildman–Crippen MR) is 224 cm³/mol. The molecule has 9 rings (SSSR count). The molecule has 0 fully saturated rings. The Morgan fingerprint density at radius 1 is 0.423 bits per heavy atom. The SMILES string of the molecule is Cc1cc(C)c(N=C2C(=Nc3c(C)cc(C)cc3-c3cccc4ccccc34)c3c(C)c(Cl)cc4cccc2c34)c(-c2cccc3ccccc23)c1. The molecule has 8 aromatic carbocycles. The summed E-state index contributed by atoms with van der Waals surface area (Å²) in [5, 5.41) is 7.79. The van der Waals surface area contributed by atoms with Crippen LogP contribution in [0.2, 0.25) is 5.02 Å². The van der Waals surface area contributed by atoms with E-state index in [0.717, 1.165) is 77.5 Å². The lowest BCUT2D eigenvalue weighted by Gasteiger charge is -2.16. The number of benzene rings is 8. The molecule has 0 saturated heterocycles. The van der Waals surface area contributed by atoms with Crippen LogP contribution in [0.5, 0.6) is 0 Å². The quantitative estimate of drug-likeness (QED) is 0.176. The van der Waals surface area contributed by atoms with Crippen LogP contribution < -0.4 is 0 Å². The third-order valence-corrected chi connectivity index (χ3v) is 11.0. The lowest BCUT2D eigenvalue weighted by atomic mass is 9.93. The Bertz CT molecular complexity index is 2850. The topological polar surface area (TPSA) is 24.7 Å². The molecule has 0 spiro atoms. The van der Waals surface area contributed by atoms with Crippen molar-refractivity contribution in [2.24, 2.45) is 9.98 Å². The van der Waals surface area contributed by atoms with Gasteiger partial charge in [0, 0.05) is 32.7 Å². The van der Waals surface area contributed by atoms with E-state index in [9.17, 15) is 0 Å². The maximum Gasteiger partial charge on any atom is 0.0982 e. The molecule has 0 amide bonds. The van der Waals surface area contributed by atoms with Crippen LogP contribution >= 0.6 is 11.6 Å². The second kappa shape index (κ2) is 12.4. The molecule has 0 saturated carbocycles. The highest BCUT2D eigenvalue weighted by Crippen LogP contribution is 2.45. The van der Waals surface area contributed by atoms with Gasteiger partial charge in [-0.15, -0.1) is 0 Å². The molecule has 0 heterocycles. The van der Waals surface area contributed by atoms with Crippen molar-refractivity contribution in [2.45, 2.75) is 34.6 Å². The van der Waals surface area contributed by atoms with Crippen LogP contribution in [0.15, 0.2) is 143 Å². The van der Waals surface area contributed by atoms with Gasteiger partial charge in [0.25, 0.3) is 0 Å². The molecule has 0 aliphatic heterocycles. The van der Waals surface area contributed by atoms with Gasteiger partial charge >= 0.3 is 0 Å². The number of halogens is 1. The summed E-state index contributed by atoms with van der Waals surface area (Å²) in [6.07, 6.45) is 0. The van der Waals surface area contributed by atoms with E-state index in [2.05, 4.69) is 168 Å². The van der Waals surface area contributed by atoms with Crippen LogP contribution in [0.3, 0.4) is 0 Å². The first-order chi connectivity index (χ1) is 25.3. The van der Waals surface area contributed by atoms with Crippen molar-refractivity contribution >= 4 is 66.7 Å². The second-order valence-corrected chi connectivity index (χ2v) is 14.6. The van der Waals surface area contributed by atoms with E-state index in [1.807, 2.05) is 0 Å². The number of aliphatic imine (C=N–C) groups is 2. The van der Waals surface area contributed by atoms with E-state index in [0.29, 0.717) is 0 Å². The maximum atomic E-state index is 7.02. The molecule has 52 heavy (non-hydrogen) atoms. The summed E-state index contributed by atoms with van der Waals surface area (Å²) in [6, 6.07) is 47.8. The van der Waals surface area contributed by atoms with Crippen molar-refractivity contribution in [1.82, 2.24) is 0 Å². The van der Waals surface area contributed by atoms with Crippen molar-refractivity contribution in [2.75, 3.05) is 0 Å². The number of aryl methyl sites for hydroxylation is 4. The second-order valence-electron chi connectivity index (χ2n) is 14.2. The average Bonchev–Trinajstić information content (AvgIpc) is 3.45. The highest BCUT2D eigenvalue weighted by Gasteiger charge is 2.31. The standard InChI is InChI=1S/C49H37ClN2/c1-28-23-30(3)46(41(25-28)38-20-10-15-33-13-6-8-18-36(33)38)51-48-40-22-12-17-35-27-43(50)32(5)44(45(35)40)49(48)52-47-31(4)24-29(2)26-42(47)39-21-11-16-34-14-7-9-19-37(34)39/h6-27H,1-5H3. The molecule has 0 unspecified atom stereocenters. The lowest BCUT2D eigenvalue weighted by Crippen LogP contribution is -2.12. The maximum absolute atomic E-state index is 7.02. The Morgan fingerprint density at radius 2 is 0.885 bits per heavy atom. The molecule has 0 atom stereocenters. The minimum absolute atomic E-state index is 0.728. The smallest absolute Gasteiger partial charge is 0.0982 e. The van der Waals surface area contributed by atoms with Crippen molar-refractivity contribution in [3.8, 4) is 22.3 Å². The van der Waals surface area contributed by atoms with Gasteiger partial charge in [-0.05, 0) is 108 Å². The van der Waals surface area contributed by atoms with Crippen LogP contribution in [-0.2, 0) is 0 Å². The Hall–Kier alpha value is -5.83. The molecule has 1 aliphatic carbocycles. The van der Waals surface area contributed by atoms with Crippen LogP contribution in [0.1, 0.15) is 38.9 Å². The van der Waals surface area contributed by atoms with Gasteiger partial charge in [0.15, 0.2) is 0 Å². The Morgan fingerprint density at radius 3 is 1.44 bits per heavy atom.